The van der Waals surface area contributed by atoms with E-state index in [9.17, 15) is 9.18 Å². The number of urea groups is 1. The highest BCUT2D eigenvalue weighted by Crippen LogP contribution is 2.12. The van der Waals surface area contributed by atoms with E-state index in [0.717, 1.165) is 17.7 Å². The van der Waals surface area contributed by atoms with Crippen molar-refractivity contribution in [2.45, 2.75) is 6.42 Å². The van der Waals surface area contributed by atoms with E-state index in [1.165, 1.54) is 12.1 Å². The summed E-state index contributed by atoms with van der Waals surface area (Å²) < 4.78 is 23.4. The molecule has 5 nitrogen and oxygen atoms in total. The lowest BCUT2D eigenvalue weighted by atomic mass is 10.1. The molecule has 0 saturated carbocycles. The standard InChI is InChI=1S/C18H21FN2O3/c1-23-16-7-5-14(6-8-16)9-10-20-18(22)21-11-12-24-17-4-2-3-15(19)13-17/h2-8,13H,9-12H2,1H3,(H2,20,21,22). The van der Waals surface area contributed by atoms with Gasteiger partial charge in [0.15, 0.2) is 0 Å². The molecule has 0 fully saturated rings. The van der Waals surface area contributed by atoms with Gasteiger partial charge in [-0.25, -0.2) is 9.18 Å². The number of rotatable bonds is 8. The molecule has 24 heavy (non-hydrogen) atoms. The molecule has 2 aromatic rings. The SMILES string of the molecule is COc1ccc(CCNC(=O)NCCOc2cccc(F)c2)cc1. The zero-order valence-electron chi connectivity index (χ0n) is 13.5. The Kier molecular flexibility index (Phi) is 6.89. The van der Waals surface area contributed by atoms with E-state index in [1.54, 1.807) is 19.2 Å². The van der Waals surface area contributed by atoms with Gasteiger partial charge in [-0.2, -0.15) is 0 Å². The van der Waals surface area contributed by atoms with Crippen molar-refractivity contribution in [3.8, 4) is 11.5 Å². The highest BCUT2D eigenvalue weighted by atomic mass is 19.1. The smallest absolute Gasteiger partial charge is 0.314 e. The molecule has 0 aromatic heterocycles. The van der Waals surface area contributed by atoms with E-state index in [0.29, 0.717) is 18.8 Å². The molecule has 0 saturated heterocycles. The minimum atomic E-state index is -0.350. The fraction of sp³-hybridized carbons (Fsp3) is 0.278. The van der Waals surface area contributed by atoms with Gasteiger partial charge in [-0.3, -0.25) is 0 Å². The van der Waals surface area contributed by atoms with Crippen molar-refractivity contribution in [2.24, 2.45) is 0 Å². The molecule has 0 aliphatic heterocycles. The van der Waals surface area contributed by atoms with Crippen molar-refractivity contribution in [3.63, 3.8) is 0 Å². The first-order valence-electron chi connectivity index (χ1n) is 7.70. The maximum absolute atomic E-state index is 13.0. The Morgan fingerprint density at radius 1 is 1.04 bits per heavy atom. The van der Waals surface area contributed by atoms with E-state index in [4.69, 9.17) is 9.47 Å². The molecule has 2 aromatic carbocycles. The van der Waals surface area contributed by atoms with Gasteiger partial charge in [0.1, 0.15) is 23.9 Å². The lowest BCUT2D eigenvalue weighted by molar-refractivity contribution is 0.236. The van der Waals surface area contributed by atoms with Gasteiger partial charge in [0.05, 0.1) is 13.7 Å². The van der Waals surface area contributed by atoms with Crippen LogP contribution in [-0.4, -0.2) is 32.8 Å². The molecule has 0 radical (unpaired) electrons. The monoisotopic (exact) mass is 332 g/mol. The third-order valence-electron chi connectivity index (χ3n) is 3.31. The van der Waals surface area contributed by atoms with E-state index in [-0.39, 0.29) is 18.5 Å². The van der Waals surface area contributed by atoms with Crippen molar-refractivity contribution in [1.29, 1.82) is 0 Å². The van der Waals surface area contributed by atoms with Gasteiger partial charge in [-0.05, 0) is 36.2 Å². The maximum Gasteiger partial charge on any atom is 0.314 e. The summed E-state index contributed by atoms with van der Waals surface area (Å²) in [5.74, 6) is 0.899. The summed E-state index contributed by atoms with van der Waals surface area (Å²) in [6, 6.07) is 13.3. The number of hydrogen-bond donors (Lipinski definition) is 2. The molecule has 2 amide bonds. The number of carbonyl (C=O) groups excluding carboxylic acids is 1. The van der Waals surface area contributed by atoms with Gasteiger partial charge in [0.25, 0.3) is 0 Å². The van der Waals surface area contributed by atoms with Crippen molar-refractivity contribution in [3.05, 3.63) is 59.9 Å². The van der Waals surface area contributed by atoms with E-state index in [1.807, 2.05) is 24.3 Å². The van der Waals surface area contributed by atoms with Gasteiger partial charge < -0.3 is 20.1 Å². The summed E-state index contributed by atoms with van der Waals surface area (Å²) in [6.45, 7) is 1.14. The first-order chi connectivity index (χ1) is 11.7. The minimum absolute atomic E-state index is 0.258. The Labute approximate surface area is 140 Å². The largest absolute Gasteiger partial charge is 0.497 e. The average Bonchev–Trinajstić information content (AvgIpc) is 2.59. The molecule has 128 valence electrons. The number of ether oxygens (including phenoxy) is 2. The zero-order chi connectivity index (χ0) is 17.2. The molecular formula is C18H21FN2O3. The third kappa shape index (κ3) is 6.16. The Bertz CT molecular complexity index is 647. The molecule has 0 bridgehead atoms. The first kappa shape index (κ1) is 17.6. The van der Waals surface area contributed by atoms with Crippen LogP contribution in [0.4, 0.5) is 9.18 Å². The van der Waals surface area contributed by atoms with E-state index in [2.05, 4.69) is 10.6 Å². The molecular weight excluding hydrogens is 311 g/mol. The van der Waals surface area contributed by atoms with Crippen LogP contribution in [-0.2, 0) is 6.42 Å². The average molecular weight is 332 g/mol. The molecule has 0 unspecified atom stereocenters. The van der Waals surface area contributed by atoms with Crippen molar-refractivity contribution < 1.29 is 18.7 Å². The van der Waals surface area contributed by atoms with Crippen molar-refractivity contribution >= 4 is 6.03 Å². The van der Waals surface area contributed by atoms with Gasteiger partial charge in [-0.1, -0.05) is 18.2 Å². The normalized spacial score (nSPS) is 10.1. The van der Waals surface area contributed by atoms with E-state index < -0.39 is 0 Å². The van der Waals surface area contributed by atoms with Gasteiger partial charge >= 0.3 is 6.03 Å². The summed E-state index contributed by atoms with van der Waals surface area (Å²) in [5.41, 5.74) is 1.12. The van der Waals surface area contributed by atoms with Gasteiger partial charge in [0, 0.05) is 12.6 Å². The quantitative estimate of drug-likeness (QED) is 0.731. The van der Waals surface area contributed by atoms with E-state index >= 15 is 0 Å². The first-order valence-corrected chi connectivity index (χ1v) is 7.70. The highest BCUT2D eigenvalue weighted by Gasteiger charge is 2.01. The number of hydrogen-bond acceptors (Lipinski definition) is 3. The molecule has 6 heteroatoms. The van der Waals surface area contributed by atoms with Crippen LogP contribution in [0.15, 0.2) is 48.5 Å². The summed E-state index contributed by atoms with van der Waals surface area (Å²) >= 11 is 0. The van der Waals surface area contributed by atoms with Crippen LogP contribution in [0.2, 0.25) is 0 Å². The zero-order valence-corrected chi connectivity index (χ0v) is 13.5. The van der Waals surface area contributed by atoms with Crippen LogP contribution in [0.1, 0.15) is 5.56 Å². The van der Waals surface area contributed by atoms with Crippen LogP contribution in [0.5, 0.6) is 11.5 Å². The maximum atomic E-state index is 13.0. The lowest BCUT2D eigenvalue weighted by Crippen LogP contribution is -2.38. The van der Waals surface area contributed by atoms with Crippen LogP contribution < -0.4 is 20.1 Å². The second-order valence-electron chi connectivity index (χ2n) is 5.09. The Hall–Kier alpha value is -2.76. The minimum Gasteiger partial charge on any atom is -0.497 e. The lowest BCUT2D eigenvalue weighted by Gasteiger charge is -2.09. The van der Waals surface area contributed by atoms with Crippen LogP contribution in [0.3, 0.4) is 0 Å². The highest BCUT2D eigenvalue weighted by molar-refractivity contribution is 5.73. The number of amides is 2. The summed E-state index contributed by atoms with van der Waals surface area (Å²) in [7, 11) is 1.62. The molecule has 0 aliphatic rings. The van der Waals surface area contributed by atoms with Crippen LogP contribution >= 0.6 is 0 Å². The van der Waals surface area contributed by atoms with Crippen molar-refractivity contribution in [2.75, 3.05) is 26.8 Å². The predicted molar refractivity (Wildman–Crippen MR) is 90.0 cm³/mol. The summed E-state index contributed by atoms with van der Waals surface area (Å²) in [5, 5.41) is 5.45. The van der Waals surface area contributed by atoms with Crippen LogP contribution in [0.25, 0.3) is 0 Å². The second kappa shape index (κ2) is 9.39. The second-order valence-corrected chi connectivity index (χ2v) is 5.09. The fourth-order valence-corrected chi connectivity index (χ4v) is 2.07. The molecule has 0 heterocycles. The summed E-state index contributed by atoms with van der Waals surface area (Å²) in [4.78, 5) is 11.6. The predicted octanol–water partition coefficient (Wildman–Crippen LogP) is 2.76. The number of methoxy groups -OCH3 is 1. The third-order valence-corrected chi connectivity index (χ3v) is 3.31. The Balaban J connectivity index is 1.57. The molecule has 0 atom stereocenters. The molecule has 2 rings (SSSR count). The number of carbonyl (C=O) groups is 1. The van der Waals surface area contributed by atoms with Crippen molar-refractivity contribution in [1.82, 2.24) is 10.6 Å². The number of nitrogens with one attached hydrogen (secondary N) is 2. The Morgan fingerprint density at radius 2 is 1.79 bits per heavy atom. The number of benzene rings is 2. The Morgan fingerprint density at radius 3 is 2.50 bits per heavy atom. The topological polar surface area (TPSA) is 59.6 Å². The molecule has 0 spiro atoms. The summed E-state index contributed by atoms with van der Waals surface area (Å²) in [6.07, 6.45) is 0.733. The fourth-order valence-electron chi connectivity index (χ4n) is 2.07. The molecule has 2 N–H and O–H groups in total. The molecule has 0 aliphatic carbocycles. The number of halogens is 1. The van der Waals surface area contributed by atoms with Gasteiger partial charge in [0.2, 0.25) is 0 Å². The van der Waals surface area contributed by atoms with Crippen LogP contribution in [0, 0.1) is 5.82 Å². The van der Waals surface area contributed by atoms with Gasteiger partial charge in [-0.15, -0.1) is 0 Å².